The third-order valence-corrected chi connectivity index (χ3v) is 8.24. The number of amides is 4. The van der Waals surface area contributed by atoms with E-state index >= 15 is 0 Å². The largest absolute Gasteiger partial charge is 0.327 e. The number of imide groups is 1. The zero-order valence-electron chi connectivity index (χ0n) is 16.8. The number of carbonyl (C=O) groups excluding carboxylic acids is 3. The van der Waals surface area contributed by atoms with Crippen molar-refractivity contribution in [3.05, 3.63) is 44.1 Å². The minimum Gasteiger partial charge on any atom is -0.314 e. The molecule has 0 aliphatic carbocycles. The maximum absolute atomic E-state index is 12.7. The fraction of sp³-hybridized carbons (Fsp3) is 0.300. The Hall–Kier alpha value is -2.07. The third kappa shape index (κ3) is 4.07. The van der Waals surface area contributed by atoms with Crippen LogP contribution >= 0.6 is 46.3 Å². The number of aromatic nitrogens is 1. The van der Waals surface area contributed by atoms with E-state index in [0.717, 1.165) is 20.9 Å². The van der Waals surface area contributed by atoms with E-state index in [1.54, 1.807) is 24.1 Å². The van der Waals surface area contributed by atoms with E-state index in [-0.39, 0.29) is 29.6 Å². The molecule has 1 N–H and O–H groups in total. The van der Waals surface area contributed by atoms with Gasteiger partial charge < -0.3 is 10.2 Å². The van der Waals surface area contributed by atoms with Gasteiger partial charge in [0.2, 0.25) is 11.8 Å². The van der Waals surface area contributed by atoms with Crippen LogP contribution in [0.3, 0.4) is 0 Å². The average Bonchev–Trinajstić information content (AvgIpc) is 3.32. The van der Waals surface area contributed by atoms with Gasteiger partial charge in [0.25, 0.3) is 0 Å². The first kappa shape index (κ1) is 22.1. The van der Waals surface area contributed by atoms with Gasteiger partial charge in [0, 0.05) is 31.5 Å². The van der Waals surface area contributed by atoms with Crippen molar-refractivity contribution >= 4 is 69.3 Å². The lowest BCUT2D eigenvalue weighted by molar-refractivity contribution is -0.133. The summed E-state index contributed by atoms with van der Waals surface area (Å²) in [7, 11) is 3.14. The summed E-state index contributed by atoms with van der Waals surface area (Å²) in [5, 5.41) is 5.65. The van der Waals surface area contributed by atoms with Crippen LogP contribution in [0.4, 0.5) is 9.93 Å². The number of nitrogens with zero attached hydrogens (tertiary/aromatic N) is 3. The third-order valence-electron chi connectivity index (χ3n) is 5.29. The first-order valence-corrected chi connectivity index (χ1v) is 11.8. The molecule has 2 aliphatic rings. The molecule has 1 aromatic carbocycles. The summed E-state index contributed by atoms with van der Waals surface area (Å²) in [6, 6.07) is 4.88. The van der Waals surface area contributed by atoms with Crippen LogP contribution in [0.5, 0.6) is 0 Å². The Morgan fingerprint density at radius 3 is 2.68 bits per heavy atom. The zero-order valence-corrected chi connectivity index (χ0v) is 20.0. The molecule has 2 aliphatic heterocycles. The van der Waals surface area contributed by atoms with Crippen LogP contribution in [0, 0.1) is 5.92 Å². The highest BCUT2D eigenvalue weighted by Gasteiger charge is 2.49. The second-order valence-corrected chi connectivity index (χ2v) is 10.3. The molecule has 1 aromatic heterocycles. The predicted octanol–water partition coefficient (Wildman–Crippen LogP) is 4.93. The summed E-state index contributed by atoms with van der Waals surface area (Å²) in [6.07, 6.45) is 0.0588. The van der Waals surface area contributed by atoms with Gasteiger partial charge in [0.05, 0.1) is 27.0 Å². The number of fused-ring (bicyclic) bond motifs is 1. The Labute approximate surface area is 197 Å². The van der Waals surface area contributed by atoms with E-state index in [2.05, 4.69) is 10.3 Å². The monoisotopic (exact) mass is 496 g/mol. The number of thioether (sulfide) groups is 1. The molecule has 4 rings (SSSR count). The number of carbonyl (C=O) groups is 3. The Kier molecular flexibility index (Phi) is 6.04. The molecule has 162 valence electrons. The molecule has 4 amide bonds. The fourth-order valence-electron chi connectivity index (χ4n) is 3.63. The Morgan fingerprint density at radius 1 is 1.23 bits per heavy atom. The van der Waals surface area contributed by atoms with Crippen molar-refractivity contribution in [3.63, 3.8) is 0 Å². The highest BCUT2D eigenvalue weighted by molar-refractivity contribution is 8.03. The SMILES string of the molecule is CC1=C(CC(=O)Nc2nc(-c3ccc(Cl)c(Cl)c3)cs2)C2C(=O)N(C)C(=O)N(C)C2S1. The van der Waals surface area contributed by atoms with Crippen molar-refractivity contribution in [2.45, 2.75) is 18.7 Å². The second kappa shape index (κ2) is 8.46. The number of urea groups is 1. The van der Waals surface area contributed by atoms with Crippen molar-refractivity contribution in [3.8, 4) is 11.3 Å². The van der Waals surface area contributed by atoms with Gasteiger partial charge in [-0.25, -0.2) is 9.78 Å². The van der Waals surface area contributed by atoms with Crippen molar-refractivity contribution in [2.24, 2.45) is 5.92 Å². The van der Waals surface area contributed by atoms with E-state index < -0.39 is 5.92 Å². The normalized spacial score (nSPS) is 21.1. The van der Waals surface area contributed by atoms with Gasteiger partial charge in [0.1, 0.15) is 0 Å². The van der Waals surface area contributed by atoms with E-state index in [9.17, 15) is 14.4 Å². The van der Waals surface area contributed by atoms with Gasteiger partial charge in [-0.1, -0.05) is 29.3 Å². The summed E-state index contributed by atoms with van der Waals surface area (Å²) in [6.45, 7) is 1.88. The summed E-state index contributed by atoms with van der Waals surface area (Å²) < 4.78 is 0. The summed E-state index contributed by atoms with van der Waals surface area (Å²) >= 11 is 14.8. The number of nitrogens with one attached hydrogen (secondary N) is 1. The van der Waals surface area contributed by atoms with Gasteiger partial charge in [-0.05, 0) is 29.5 Å². The van der Waals surface area contributed by atoms with Crippen LogP contribution in [0.1, 0.15) is 13.3 Å². The summed E-state index contributed by atoms with van der Waals surface area (Å²) in [5.41, 5.74) is 2.21. The summed E-state index contributed by atoms with van der Waals surface area (Å²) in [4.78, 5) is 45.7. The molecule has 0 saturated carbocycles. The maximum Gasteiger partial charge on any atom is 0.327 e. The lowest BCUT2D eigenvalue weighted by Gasteiger charge is -2.38. The molecule has 7 nitrogen and oxygen atoms in total. The van der Waals surface area contributed by atoms with Crippen LogP contribution in [0.25, 0.3) is 11.3 Å². The second-order valence-electron chi connectivity index (χ2n) is 7.25. The van der Waals surface area contributed by atoms with Crippen molar-refractivity contribution in [2.75, 3.05) is 19.4 Å². The molecule has 2 atom stereocenters. The van der Waals surface area contributed by atoms with Crippen LogP contribution in [0.15, 0.2) is 34.1 Å². The smallest absolute Gasteiger partial charge is 0.314 e. The quantitative estimate of drug-likeness (QED) is 0.648. The Bertz CT molecular complexity index is 1130. The first-order valence-electron chi connectivity index (χ1n) is 9.29. The molecular weight excluding hydrogens is 479 g/mol. The van der Waals surface area contributed by atoms with Gasteiger partial charge in [-0.15, -0.1) is 23.1 Å². The van der Waals surface area contributed by atoms with Crippen LogP contribution in [-0.4, -0.2) is 52.1 Å². The van der Waals surface area contributed by atoms with Crippen molar-refractivity contribution < 1.29 is 14.4 Å². The first-order chi connectivity index (χ1) is 14.7. The number of rotatable bonds is 4. The standard InChI is InChI=1S/C20H18Cl2N4O3S2/c1-9-11(16-17(28)25(2)20(29)26(3)18(16)31-9)7-15(27)24-19-23-14(8-30-19)10-4-5-12(21)13(22)6-10/h4-6,8,16,18H,7H2,1-3H3,(H,23,24,27). The van der Waals surface area contributed by atoms with Crippen LogP contribution in [-0.2, 0) is 9.59 Å². The number of halogens is 2. The molecule has 11 heteroatoms. The molecule has 0 bridgehead atoms. The number of hydrogen-bond acceptors (Lipinski definition) is 6. The van der Waals surface area contributed by atoms with E-state index in [1.807, 2.05) is 18.4 Å². The van der Waals surface area contributed by atoms with Gasteiger partial charge in [-0.3, -0.25) is 14.5 Å². The molecule has 0 radical (unpaired) electrons. The van der Waals surface area contributed by atoms with Gasteiger partial charge in [0.15, 0.2) is 5.13 Å². The number of anilines is 1. The minimum absolute atomic E-state index is 0.0588. The Balaban J connectivity index is 1.47. The van der Waals surface area contributed by atoms with Crippen molar-refractivity contribution in [1.82, 2.24) is 14.8 Å². The lowest BCUT2D eigenvalue weighted by Crippen LogP contribution is -2.57. The molecule has 0 spiro atoms. The van der Waals surface area contributed by atoms with E-state index in [4.69, 9.17) is 23.2 Å². The van der Waals surface area contributed by atoms with Crippen LogP contribution < -0.4 is 5.32 Å². The highest BCUT2D eigenvalue weighted by atomic mass is 35.5. The number of benzene rings is 1. The lowest BCUT2D eigenvalue weighted by atomic mass is 9.92. The zero-order chi connectivity index (χ0) is 22.4. The molecule has 2 unspecified atom stereocenters. The molecular formula is C20H18Cl2N4O3S2. The predicted molar refractivity (Wildman–Crippen MR) is 124 cm³/mol. The molecule has 3 heterocycles. The number of hydrogen-bond donors (Lipinski definition) is 1. The minimum atomic E-state index is -0.522. The topological polar surface area (TPSA) is 82.6 Å². The van der Waals surface area contributed by atoms with Gasteiger partial charge in [-0.2, -0.15) is 0 Å². The average molecular weight is 497 g/mol. The molecule has 1 saturated heterocycles. The maximum atomic E-state index is 12.7. The Morgan fingerprint density at radius 2 is 1.97 bits per heavy atom. The fourth-order valence-corrected chi connectivity index (χ4v) is 6.04. The van der Waals surface area contributed by atoms with E-state index in [0.29, 0.717) is 20.9 Å². The molecule has 1 fully saturated rings. The molecule has 31 heavy (non-hydrogen) atoms. The summed E-state index contributed by atoms with van der Waals surface area (Å²) in [5.74, 6) is -1.07. The number of allylic oxidation sites excluding steroid dienone is 1. The molecule has 2 aromatic rings. The number of thiazole rings is 1. The van der Waals surface area contributed by atoms with E-state index in [1.165, 1.54) is 30.1 Å². The highest BCUT2D eigenvalue weighted by Crippen LogP contribution is 2.47. The van der Waals surface area contributed by atoms with Crippen LogP contribution in [0.2, 0.25) is 10.0 Å². The van der Waals surface area contributed by atoms with Gasteiger partial charge >= 0.3 is 6.03 Å². The van der Waals surface area contributed by atoms with Crippen molar-refractivity contribution in [1.29, 1.82) is 0 Å².